The van der Waals surface area contributed by atoms with Crippen molar-refractivity contribution in [3.05, 3.63) is 0 Å². The molecule has 0 spiro atoms. The minimum Gasteiger partial charge on any atom is -0.352 e. The van der Waals surface area contributed by atoms with Crippen LogP contribution in [0.2, 0.25) is 0 Å². The second-order valence-corrected chi connectivity index (χ2v) is 2.80. The maximum Gasteiger partial charge on any atom is 0.152 e. The predicted octanol–water partition coefficient (Wildman–Crippen LogP) is 0.208. The number of hydrogen-bond acceptors (Lipinski definition) is 3. The van der Waals surface area contributed by atoms with E-state index in [0.29, 0.717) is 0 Å². The Morgan fingerprint density at radius 2 is 2.56 bits per heavy atom. The molecule has 2 atom stereocenters. The molecule has 0 bridgehead atoms. The summed E-state index contributed by atoms with van der Waals surface area (Å²) in [5.74, 6) is 0. The molecule has 0 aromatic rings. The molecular weight excluding hydrogens is 137 g/mol. The van der Waals surface area contributed by atoms with Crippen LogP contribution in [0.25, 0.3) is 0 Å². The van der Waals surface area contributed by atoms with Crippen molar-refractivity contribution in [2.75, 3.05) is 20.1 Å². The maximum atomic E-state index is 8.40. The smallest absolute Gasteiger partial charge is 0.152 e. The van der Waals surface area contributed by atoms with Crippen LogP contribution >= 0.6 is 9.03 Å². The quantitative estimate of drug-likeness (QED) is 0.569. The van der Waals surface area contributed by atoms with E-state index in [0.717, 1.165) is 19.5 Å². The molecule has 0 saturated carbocycles. The second kappa shape index (κ2) is 3.47. The minimum atomic E-state index is -0.345. The fraction of sp³-hybridized carbons (Fsp3) is 1.00. The molecule has 0 aliphatic carbocycles. The van der Waals surface area contributed by atoms with E-state index in [4.69, 9.17) is 9.42 Å². The first-order valence-corrected chi connectivity index (χ1v) is 3.92. The third-order valence-corrected chi connectivity index (χ3v) is 2.01. The van der Waals surface area contributed by atoms with Gasteiger partial charge in [-0.05, 0) is 13.5 Å². The summed E-state index contributed by atoms with van der Waals surface area (Å²) in [7, 11) is 1.71. The third-order valence-electron chi connectivity index (χ3n) is 1.57. The highest BCUT2D eigenvalue weighted by atomic mass is 31.1. The van der Waals surface area contributed by atoms with Crippen LogP contribution in [0.5, 0.6) is 0 Å². The van der Waals surface area contributed by atoms with Gasteiger partial charge in [0, 0.05) is 13.1 Å². The highest BCUT2D eigenvalue weighted by Gasteiger charge is 2.19. The Morgan fingerprint density at radius 3 is 3.00 bits per heavy atom. The van der Waals surface area contributed by atoms with Gasteiger partial charge >= 0.3 is 0 Å². The van der Waals surface area contributed by atoms with Crippen LogP contribution in [0.4, 0.5) is 0 Å². The Kier molecular flexibility index (Phi) is 2.86. The molecule has 54 valence electrons. The SMILES string of the molecule is CN1CCC(OPO)C1. The second-order valence-electron chi connectivity index (χ2n) is 2.38. The summed E-state index contributed by atoms with van der Waals surface area (Å²) in [5.41, 5.74) is 0. The van der Waals surface area contributed by atoms with Crippen LogP contribution in [0.1, 0.15) is 6.42 Å². The van der Waals surface area contributed by atoms with E-state index in [1.807, 2.05) is 0 Å². The predicted molar refractivity (Wildman–Crippen MR) is 37.5 cm³/mol. The summed E-state index contributed by atoms with van der Waals surface area (Å²) in [6, 6.07) is 0. The van der Waals surface area contributed by atoms with Crippen molar-refractivity contribution in [1.29, 1.82) is 0 Å². The van der Waals surface area contributed by atoms with E-state index in [2.05, 4.69) is 11.9 Å². The first-order valence-electron chi connectivity index (χ1n) is 3.06. The Morgan fingerprint density at radius 1 is 1.78 bits per heavy atom. The van der Waals surface area contributed by atoms with Gasteiger partial charge in [-0.3, -0.25) is 0 Å². The summed E-state index contributed by atoms with van der Waals surface area (Å²) >= 11 is 0. The van der Waals surface area contributed by atoms with Crippen LogP contribution in [-0.2, 0) is 4.52 Å². The van der Waals surface area contributed by atoms with Crippen LogP contribution in [0.3, 0.4) is 0 Å². The van der Waals surface area contributed by atoms with Gasteiger partial charge in [0.25, 0.3) is 0 Å². The fourth-order valence-electron chi connectivity index (χ4n) is 1.07. The van der Waals surface area contributed by atoms with E-state index in [1.54, 1.807) is 0 Å². The summed E-state index contributed by atoms with van der Waals surface area (Å²) < 4.78 is 5.01. The normalized spacial score (nSPS) is 30.7. The number of hydrogen-bond donors (Lipinski definition) is 1. The first-order chi connectivity index (χ1) is 4.33. The van der Waals surface area contributed by atoms with Gasteiger partial charge in [0.1, 0.15) is 0 Å². The lowest BCUT2D eigenvalue weighted by molar-refractivity contribution is 0.219. The molecule has 1 aliphatic rings. The third kappa shape index (κ3) is 2.18. The molecule has 1 rings (SSSR count). The number of likely N-dealkylation sites (N-methyl/N-ethyl adjacent to an activating group) is 1. The first kappa shape index (κ1) is 7.42. The summed E-state index contributed by atoms with van der Waals surface area (Å²) in [6.07, 6.45) is 1.34. The molecule has 1 fully saturated rings. The van der Waals surface area contributed by atoms with Crippen molar-refractivity contribution in [2.45, 2.75) is 12.5 Å². The molecule has 9 heavy (non-hydrogen) atoms. The van der Waals surface area contributed by atoms with Crippen molar-refractivity contribution in [1.82, 2.24) is 4.90 Å². The molecule has 4 heteroatoms. The highest BCUT2D eigenvalue weighted by Crippen LogP contribution is 2.17. The topological polar surface area (TPSA) is 32.7 Å². The summed E-state index contributed by atoms with van der Waals surface area (Å²) in [6.45, 7) is 2.06. The van der Waals surface area contributed by atoms with E-state index < -0.39 is 0 Å². The van der Waals surface area contributed by atoms with Gasteiger partial charge in [-0.25, -0.2) is 0 Å². The largest absolute Gasteiger partial charge is 0.352 e. The van der Waals surface area contributed by atoms with Gasteiger partial charge in [0.15, 0.2) is 9.03 Å². The van der Waals surface area contributed by atoms with Gasteiger partial charge in [-0.1, -0.05) is 0 Å². The molecule has 3 nitrogen and oxygen atoms in total. The van der Waals surface area contributed by atoms with E-state index >= 15 is 0 Å². The molecule has 0 aromatic heterocycles. The Hall–Kier alpha value is 0.310. The Labute approximate surface area is 56.9 Å². The zero-order chi connectivity index (χ0) is 6.69. The molecule has 0 amide bonds. The maximum absolute atomic E-state index is 8.40. The fourth-order valence-corrected chi connectivity index (χ4v) is 1.41. The molecule has 2 unspecified atom stereocenters. The lowest BCUT2D eigenvalue weighted by atomic mass is 10.3. The number of nitrogens with zero attached hydrogens (tertiary/aromatic N) is 1. The van der Waals surface area contributed by atoms with Crippen LogP contribution < -0.4 is 0 Å². The summed E-state index contributed by atoms with van der Waals surface area (Å²) in [5, 5.41) is 0. The lowest BCUT2D eigenvalue weighted by Crippen LogP contribution is -2.16. The zero-order valence-electron chi connectivity index (χ0n) is 5.50. The van der Waals surface area contributed by atoms with Crippen molar-refractivity contribution in [2.24, 2.45) is 0 Å². The van der Waals surface area contributed by atoms with Gasteiger partial charge in [0.05, 0.1) is 6.10 Å². The van der Waals surface area contributed by atoms with E-state index in [9.17, 15) is 0 Å². The van der Waals surface area contributed by atoms with Gasteiger partial charge in [-0.2, -0.15) is 0 Å². The molecule has 0 radical (unpaired) electrons. The highest BCUT2D eigenvalue weighted by molar-refractivity contribution is 7.25. The lowest BCUT2D eigenvalue weighted by Gasteiger charge is -2.07. The zero-order valence-corrected chi connectivity index (χ0v) is 6.50. The molecule has 1 saturated heterocycles. The standard InChI is InChI=1S/C5H12NO2P/c1-6-3-2-5(4-6)8-9-7/h5,7,9H,2-4H2,1H3. The van der Waals surface area contributed by atoms with E-state index in [-0.39, 0.29) is 15.1 Å². The van der Waals surface area contributed by atoms with Crippen molar-refractivity contribution >= 4 is 9.03 Å². The van der Waals surface area contributed by atoms with Gasteiger partial charge in [-0.15, -0.1) is 0 Å². The monoisotopic (exact) mass is 149 g/mol. The van der Waals surface area contributed by atoms with E-state index in [1.165, 1.54) is 0 Å². The van der Waals surface area contributed by atoms with Crippen LogP contribution in [-0.4, -0.2) is 36.0 Å². The van der Waals surface area contributed by atoms with Crippen molar-refractivity contribution < 1.29 is 9.42 Å². The van der Waals surface area contributed by atoms with Crippen molar-refractivity contribution in [3.8, 4) is 0 Å². The van der Waals surface area contributed by atoms with Crippen molar-refractivity contribution in [3.63, 3.8) is 0 Å². The number of likely N-dealkylation sites (tertiary alicyclic amines) is 1. The molecule has 0 aromatic carbocycles. The molecule has 1 heterocycles. The average molecular weight is 149 g/mol. The molecule has 1 N–H and O–H groups in total. The Bertz CT molecular complexity index is 89.0. The average Bonchev–Trinajstić information content (AvgIpc) is 2.17. The van der Waals surface area contributed by atoms with Gasteiger partial charge in [0.2, 0.25) is 0 Å². The minimum absolute atomic E-state index is 0.276. The van der Waals surface area contributed by atoms with Gasteiger partial charge < -0.3 is 14.3 Å². The molecule has 1 aliphatic heterocycles. The number of rotatable bonds is 2. The van der Waals surface area contributed by atoms with Crippen LogP contribution in [0.15, 0.2) is 0 Å². The Balaban J connectivity index is 2.14. The molecular formula is C5H12NO2P. The summed E-state index contributed by atoms with van der Waals surface area (Å²) in [4.78, 5) is 10.6. The van der Waals surface area contributed by atoms with Crippen LogP contribution in [0, 0.1) is 0 Å².